The van der Waals surface area contributed by atoms with Crippen LogP contribution in [0.4, 0.5) is 0 Å². The first-order valence-electron chi connectivity index (χ1n) is 3.61. The quantitative estimate of drug-likeness (QED) is 0.589. The summed E-state index contributed by atoms with van der Waals surface area (Å²) < 4.78 is 0. The number of halogens is 1. The summed E-state index contributed by atoms with van der Waals surface area (Å²) in [5.74, 6) is -0.480. The van der Waals surface area contributed by atoms with Gasteiger partial charge in [0.2, 0.25) is 0 Å². The normalized spacial score (nSPS) is 14.5. The van der Waals surface area contributed by atoms with Crippen LogP contribution in [-0.2, 0) is 0 Å². The van der Waals surface area contributed by atoms with E-state index in [1.165, 1.54) is 24.4 Å². The number of carbonyl (C=O) groups is 2. The lowest BCUT2D eigenvalue weighted by Gasteiger charge is -2.08. The van der Waals surface area contributed by atoms with Gasteiger partial charge in [0.25, 0.3) is 0 Å². The Hall–Kier alpha value is -1.48. The Bertz CT molecular complexity index is 437. The minimum atomic E-state index is -0.271. The molecule has 64 valence electrons. The second kappa shape index (κ2) is 2.78. The zero-order chi connectivity index (χ0) is 9.42. The van der Waals surface area contributed by atoms with Crippen LogP contribution in [0.5, 0.6) is 0 Å². The van der Waals surface area contributed by atoms with E-state index in [1.54, 1.807) is 0 Å². The molecule has 4 heteroatoms. The number of rotatable bonds is 0. The first-order valence-corrected chi connectivity index (χ1v) is 3.99. The molecule has 0 fully saturated rings. The fourth-order valence-corrected chi connectivity index (χ4v) is 1.45. The van der Waals surface area contributed by atoms with Crippen LogP contribution in [0.3, 0.4) is 0 Å². The molecular weight excluding hydrogens is 190 g/mol. The lowest BCUT2D eigenvalue weighted by molar-refractivity contribution is 0.0994. The van der Waals surface area contributed by atoms with Crippen LogP contribution in [0.25, 0.3) is 0 Å². The van der Waals surface area contributed by atoms with Crippen LogP contribution in [0.15, 0.2) is 24.4 Å². The summed E-state index contributed by atoms with van der Waals surface area (Å²) in [6.07, 6.45) is 3.85. The molecule has 0 spiro atoms. The zero-order valence-electron chi connectivity index (χ0n) is 6.45. The van der Waals surface area contributed by atoms with E-state index in [-0.39, 0.29) is 22.3 Å². The van der Waals surface area contributed by atoms with Crippen LogP contribution in [0, 0.1) is 0 Å². The molecule has 1 heterocycles. The Balaban J connectivity index is 2.76. The van der Waals surface area contributed by atoms with Gasteiger partial charge in [0.1, 0.15) is 5.15 Å². The molecule has 0 N–H and O–H groups in total. The minimum Gasteiger partial charge on any atom is -0.289 e. The topological polar surface area (TPSA) is 47.0 Å². The van der Waals surface area contributed by atoms with Crippen molar-refractivity contribution in [1.82, 2.24) is 4.98 Å². The van der Waals surface area contributed by atoms with Crippen molar-refractivity contribution >= 4 is 23.2 Å². The molecule has 0 amide bonds. The molecule has 0 aliphatic heterocycles. The van der Waals surface area contributed by atoms with Crippen molar-refractivity contribution in [3.8, 4) is 0 Å². The number of allylic oxidation sites excluding steroid dienone is 2. The van der Waals surface area contributed by atoms with Gasteiger partial charge in [0, 0.05) is 11.8 Å². The maximum Gasteiger partial charge on any atom is 0.189 e. The monoisotopic (exact) mass is 193 g/mol. The van der Waals surface area contributed by atoms with E-state index in [4.69, 9.17) is 11.6 Å². The number of hydrogen-bond acceptors (Lipinski definition) is 3. The molecule has 2 rings (SSSR count). The molecule has 0 unspecified atom stereocenters. The van der Waals surface area contributed by atoms with E-state index in [9.17, 15) is 9.59 Å². The number of pyridine rings is 1. The third kappa shape index (κ3) is 1.17. The molecular formula is C9H4ClNO2. The number of carbonyl (C=O) groups excluding carboxylic acids is 2. The Morgan fingerprint density at radius 2 is 1.85 bits per heavy atom. The summed E-state index contributed by atoms with van der Waals surface area (Å²) in [5.41, 5.74) is 0.532. The van der Waals surface area contributed by atoms with Gasteiger partial charge in [0.15, 0.2) is 11.6 Å². The number of hydrogen-bond donors (Lipinski definition) is 0. The molecule has 1 aliphatic carbocycles. The number of aromatic nitrogens is 1. The van der Waals surface area contributed by atoms with Crippen molar-refractivity contribution in [1.29, 1.82) is 0 Å². The summed E-state index contributed by atoms with van der Waals surface area (Å²) in [4.78, 5) is 26.3. The van der Waals surface area contributed by atoms with Crippen molar-refractivity contribution in [3.05, 3.63) is 40.7 Å². The summed E-state index contributed by atoms with van der Waals surface area (Å²) in [5, 5.41) is 0.0835. The molecule has 3 nitrogen and oxygen atoms in total. The van der Waals surface area contributed by atoms with E-state index in [0.717, 1.165) is 0 Å². The van der Waals surface area contributed by atoms with Crippen molar-refractivity contribution < 1.29 is 9.59 Å². The van der Waals surface area contributed by atoms with Gasteiger partial charge in [-0.05, 0) is 18.2 Å². The first kappa shape index (κ1) is 8.13. The highest BCUT2D eigenvalue weighted by molar-refractivity contribution is 6.36. The number of nitrogens with zero attached hydrogens (tertiary/aromatic N) is 1. The van der Waals surface area contributed by atoms with Gasteiger partial charge in [-0.2, -0.15) is 0 Å². The van der Waals surface area contributed by atoms with Crippen LogP contribution in [0.2, 0.25) is 5.15 Å². The van der Waals surface area contributed by atoms with Gasteiger partial charge >= 0.3 is 0 Å². The molecule has 0 radical (unpaired) electrons. The largest absolute Gasteiger partial charge is 0.289 e. The standard InChI is InChI=1S/C9H4ClNO2/c10-9-8-5(3-4-11-9)6(12)1-2-7(8)13/h1-4H. The number of fused-ring (bicyclic) bond motifs is 1. The fraction of sp³-hybridized carbons (Fsp3) is 0. The van der Waals surface area contributed by atoms with Crippen LogP contribution < -0.4 is 0 Å². The summed E-state index contributed by atoms with van der Waals surface area (Å²) in [7, 11) is 0. The molecule has 0 atom stereocenters. The van der Waals surface area contributed by atoms with E-state index >= 15 is 0 Å². The van der Waals surface area contributed by atoms with Crippen molar-refractivity contribution in [2.45, 2.75) is 0 Å². The Morgan fingerprint density at radius 1 is 1.15 bits per heavy atom. The van der Waals surface area contributed by atoms with E-state index in [1.807, 2.05) is 0 Å². The SMILES string of the molecule is O=C1C=CC(=O)c2c1ccnc2Cl. The Morgan fingerprint density at radius 3 is 2.54 bits per heavy atom. The first-order chi connectivity index (χ1) is 6.20. The second-order valence-corrected chi connectivity index (χ2v) is 2.94. The lowest BCUT2D eigenvalue weighted by Crippen LogP contribution is -2.12. The average molecular weight is 194 g/mol. The van der Waals surface area contributed by atoms with Crippen LogP contribution in [0.1, 0.15) is 20.7 Å². The van der Waals surface area contributed by atoms with Crippen molar-refractivity contribution in [2.75, 3.05) is 0 Å². The molecule has 0 saturated carbocycles. The van der Waals surface area contributed by atoms with Gasteiger partial charge in [0.05, 0.1) is 5.56 Å². The predicted molar refractivity (Wildman–Crippen MR) is 47.0 cm³/mol. The van der Waals surface area contributed by atoms with Gasteiger partial charge in [-0.15, -0.1) is 0 Å². The van der Waals surface area contributed by atoms with Crippen molar-refractivity contribution in [3.63, 3.8) is 0 Å². The number of ketones is 2. The molecule has 1 aromatic rings. The zero-order valence-corrected chi connectivity index (χ0v) is 7.21. The van der Waals surface area contributed by atoms with Gasteiger partial charge < -0.3 is 0 Å². The molecule has 0 bridgehead atoms. The van der Waals surface area contributed by atoms with Gasteiger partial charge in [-0.3, -0.25) is 9.59 Å². The van der Waals surface area contributed by atoms with Gasteiger partial charge in [-0.25, -0.2) is 4.98 Å². The smallest absolute Gasteiger partial charge is 0.189 e. The maximum atomic E-state index is 11.3. The molecule has 1 aliphatic rings. The van der Waals surface area contributed by atoms with E-state index < -0.39 is 0 Å². The molecule has 1 aromatic heterocycles. The van der Waals surface area contributed by atoms with Crippen LogP contribution in [-0.4, -0.2) is 16.6 Å². The van der Waals surface area contributed by atoms with E-state index in [0.29, 0.717) is 5.56 Å². The third-order valence-corrected chi connectivity index (χ3v) is 2.09. The highest BCUT2D eigenvalue weighted by Crippen LogP contribution is 2.22. The predicted octanol–water partition coefficient (Wildman–Crippen LogP) is 1.67. The van der Waals surface area contributed by atoms with Crippen LogP contribution >= 0.6 is 11.6 Å². The summed E-state index contributed by atoms with van der Waals surface area (Å²) >= 11 is 5.68. The summed E-state index contributed by atoms with van der Waals surface area (Å²) in [6.45, 7) is 0. The highest BCUT2D eigenvalue weighted by atomic mass is 35.5. The maximum absolute atomic E-state index is 11.3. The third-order valence-electron chi connectivity index (χ3n) is 1.80. The Kier molecular flexibility index (Phi) is 1.74. The Labute approximate surface area is 79.0 Å². The summed E-state index contributed by atoms with van der Waals surface area (Å²) in [6, 6.07) is 1.49. The molecule has 0 aromatic carbocycles. The molecule has 13 heavy (non-hydrogen) atoms. The highest BCUT2D eigenvalue weighted by Gasteiger charge is 2.21. The van der Waals surface area contributed by atoms with Gasteiger partial charge in [-0.1, -0.05) is 11.6 Å². The molecule has 0 saturated heterocycles. The lowest BCUT2D eigenvalue weighted by atomic mass is 9.97. The second-order valence-electron chi connectivity index (χ2n) is 2.59. The fourth-order valence-electron chi connectivity index (χ4n) is 1.20. The van der Waals surface area contributed by atoms with Crippen molar-refractivity contribution in [2.24, 2.45) is 0 Å². The average Bonchev–Trinajstić information content (AvgIpc) is 2.12. The minimum absolute atomic E-state index is 0.0835. The van der Waals surface area contributed by atoms with E-state index in [2.05, 4.69) is 4.98 Å².